The standard InChI is InChI=1S/C20H17BrN2O4S/c1-28(25,26)23-17-4-2-3-14(13-17)20(24)22-16-7-11-19(12-8-16)27-18-9-5-15(21)6-10-18/h2-13,23H,1H3,(H,22,24). The van der Waals surface area contributed by atoms with Crippen molar-refractivity contribution < 1.29 is 17.9 Å². The maximum Gasteiger partial charge on any atom is 0.255 e. The third-order valence-corrected chi connectivity index (χ3v) is 4.72. The lowest BCUT2D eigenvalue weighted by Crippen LogP contribution is -2.13. The van der Waals surface area contributed by atoms with Crippen LogP contribution in [0.5, 0.6) is 11.5 Å². The highest BCUT2D eigenvalue weighted by molar-refractivity contribution is 9.10. The molecular formula is C20H17BrN2O4S. The van der Waals surface area contributed by atoms with E-state index >= 15 is 0 Å². The predicted molar refractivity (Wildman–Crippen MR) is 114 cm³/mol. The number of carbonyl (C=O) groups excluding carboxylic acids is 1. The van der Waals surface area contributed by atoms with Gasteiger partial charge in [-0.05, 0) is 66.7 Å². The zero-order chi connectivity index (χ0) is 20.1. The fourth-order valence-corrected chi connectivity index (χ4v) is 3.21. The number of sulfonamides is 1. The van der Waals surface area contributed by atoms with Crippen LogP contribution >= 0.6 is 15.9 Å². The van der Waals surface area contributed by atoms with Crippen molar-refractivity contribution in [3.8, 4) is 11.5 Å². The van der Waals surface area contributed by atoms with Crippen molar-refractivity contribution in [1.82, 2.24) is 0 Å². The van der Waals surface area contributed by atoms with E-state index in [2.05, 4.69) is 26.0 Å². The molecule has 28 heavy (non-hydrogen) atoms. The van der Waals surface area contributed by atoms with E-state index in [9.17, 15) is 13.2 Å². The third-order valence-electron chi connectivity index (χ3n) is 3.59. The minimum absolute atomic E-state index is 0.327. The Kier molecular flexibility index (Phi) is 6.01. The summed E-state index contributed by atoms with van der Waals surface area (Å²) >= 11 is 3.37. The Bertz CT molecular complexity index is 1080. The number of carbonyl (C=O) groups is 1. The van der Waals surface area contributed by atoms with E-state index in [-0.39, 0.29) is 5.91 Å². The molecule has 0 aliphatic carbocycles. The maximum atomic E-state index is 12.4. The molecule has 6 nitrogen and oxygen atoms in total. The lowest BCUT2D eigenvalue weighted by atomic mass is 10.2. The fraction of sp³-hybridized carbons (Fsp3) is 0.0500. The van der Waals surface area contributed by atoms with Gasteiger partial charge in [0.15, 0.2) is 0 Å². The van der Waals surface area contributed by atoms with E-state index in [1.165, 1.54) is 6.07 Å². The topological polar surface area (TPSA) is 84.5 Å². The molecule has 8 heteroatoms. The highest BCUT2D eigenvalue weighted by atomic mass is 79.9. The van der Waals surface area contributed by atoms with Gasteiger partial charge < -0.3 is 10.1 Å². The van der Waals surface area contributed by atoms with Gasteiger partial charge in [-0.2, -0.15) is 0 Å². The molecule has 0 aliphatic rings. The molecular weight excluding hydrogens is 444 g/mol. The minimum atomic E-state index is -3.41. The van der Waals surface area contributed by atoms with Gasteiger partial charge in [0.05, 0.1) is 6.26 Å². The van der Waals surface area contributed by atoms with E-state index in [1.807, 2.05) is 24.3 Å². The first-order valence-corrected chi connectivity index (χ1v) is 10.9. The monoisotopic (exact) mass is 460 g/mol. The molecule has 0 saturated heterocycles. The maximum absolute atomic E-state index is 12.4. The van der Waals surface area contributed by atoms with Crippen LogP contribution in [0.3, 0.4) is 0 Å². The summed E-state index contributed by atoms with van der Waals surface area (Å²) in [4.78, 5) is 12.4. The Morgan fingerprint density at radius 2 is 1.50 bits per heavy atom. The molecule has 0 bridgehead atoms. The summed E-state index contributed by atoms with van der Waals surface area (Å²) < 4.78 is 31.7. The first-order valence-electron chi connectivity index (χ1n) is 8.21. The van der Waals surface area contributed by atoms with Gasteiger partial charge in [0.1, 0.15) is 11.5 Å². The lowest BCUT2D eigenvalue weighted by Gasteiger charge is -2.09. The molecule has 2 N–H and O–H groups in total. The number of hydrogen-bond acceptors (Lipinski definition) is 4. The fourth-order valence-electron chi connectivity index (χ4n) is 2.39. The molecule has 0 saturated carbocycles. The summed E-state index contributed by atoms with van der Waals surface area (Å²) in [5.41, 5.74) is 1.26. The largest absolute Gasteiger partial charge is 0.457 e. The quantitative estimate of drug-likeness (QED) is 0.549. The lowest BCUT2D eigenvalue weighted by molar-refractivity contribution is 0.102. The second-order valence-corrected chi connectivity index (χ2v) is 8.65. The Labute approximate surface area is 171 Å². The average Bonchev–Trinajstić information content (AvgIpc) is 2.64. The Morgan fingerprint density at radius 3 is 2.11 bits per heavy atom. The molecule has 0 aromatic heterocycles. The van der Waals surface area contributed by atoms with Crippen LogP contribution in [0, 0.1) is 0 Å². The third kappa shape index (κ3) is 5.83. The highest BCUT2D eigenvalue weighted by Gasteiger charge is 2.09. The molecule has 0 atom stereocenters. The molecule has 3 rings (SSSR count). The molecule has 3 aromatic rings. The van der Waals surface area contributed by atoms with E-state index < -0.39 is 10.0 Å². The smallest absolute Gasteiger partial charge is 0.255 e. The Balaban J connectivity index is 1.66. The average molecular weight is 461 g/mol. The molecule has 0 unspecified atom stereocenters. The number of nitrogens with one attached hydrogen (secondary N) is 2. The van der Waals surface area contributed by atoms with Crippen molar-refractivity contribution in [3.63, 3.8) is 0 Å². The van der Waals surface area contributed by atoms with Crippen molar-refractivity contribution in [2.24, 2.45) is 0 Å². The zero-order valence-electron chi connectivity index (χ0n) is 14.8. The molecule has 0 heterocycles. The molecule has 0 radical (unpaired) electrons. The molecule has 1 amide bonds. The first kappa shape index (κ1) is 19.9. The molecule has 3 aromatic carbocycles. The van der Waals surface area contributed by atoms with E-state index in [4.69, 9.17) is 4.74 Å². The van der Waals surface area contributed by atoms with Crippen molar-refractivity contribution in [1.29, 1.82) is 0 Å². The number of ether oxygens (including phenoxy) is 1. The number of amides is 1. The van der Waals surface area contributed by atoms with Gasteiger partial charge in [-0.1, -0.05) is 22.0 Å². The highest BCUT2D eigenvalue weighted by Crippen LogP contribution is 2.24. The second-order valence-electron chi connectivity index (χ2n) is 5.99. The predicted octanol–water partition coefficient (Wildman–Crippen LogP) is 4.87. The Hall–Kier alpha value is -2.84. The van der Waals surface area contributed by atoms with Gasteiger partial charge in [0, 0.05) is 21.4 Å². The van der Waals surface area contributed by atoms with Gasteiger partial charge in [-0.3, -0.25) is 9.52 Å². The normalized spacial score (nSPS) is 10.9. The zero-order valence-corrected chi connectivity index (χ0v) is 17.2. The van der Waals surface area contributed by atoms with Gasteiger partial charge in [-0.15, -0.1) is 0 Å². The second kappa shape index (κ2) is 8.45. The van der Waals surface area contributed by atoms with Crippen molar-refractivity contribution in [2.45, 2.75) is 0 Å². The van der Waals surface area contributed by atoms with Crippen LogP contribution < -0.4 is 14.8 Å². The first-order chi connectivity index (χ1) is 13.3. The summed E-state index contributed by atoms with van der Waals surface area (Å²) in [5.74, 6) is 0.994. The summed E-state index contributed by atoms with van der Waals surface area (Å²) in [7, 11) is -3.41. The van der Waals surface area contributed by atoms with Gasteiger partial charge in [0.25, 0.3) is 5.91 Å². The molecule has 0 fully saturated rings. The van der Waals surface area contributed by atoms with Crippen molar-refractivity contribution in [2.75, 3.05) is 16.3 Å². The van der Waals surface area contributed by atoms with Crippen LogP contribution in [0.2, 0.25) is 0 Å². The number of rotatable bonds is 6. The van der Waals surface area contributed by atoms with E-state index in [1.54, 1.807) is 42.5 Å². The summed E-state index contributed by atoms with van der Waals surface area (Å²) in [5, 5.41) is 2.77. The summed E-state index contributed by atoms with van der Waals surface area (Å²) in [6.45, 7) is 0. The molecule has 144 valence electrons. The van der Waals surface area contributed by atoms with Gasteiger partial charge in [-0.25, -0.2) is 8.42 Å². The van der Waals surface area contributed by atoms with Crippen LogP contribution in [-0.4, -0.2) is 20.6 Å². The van der Waals surface area contributed by atoms with Crippen LogP contribution in [0.25, 0.3) is 0 Å². The van der Waals surface area contributed by atoms with Crippen LogP contribution in [0.15, 0.2) is 77.3 Å². The van der Waals surface area contributed by atoms with Crippen molar-refractivity contribution >= 4 is 43.2 Å². The summed E-state index contributed by atoms with van der Waals surface area (Å²) in [6.07, 6.45) is 1.05. The van der Waals surface area contributed by atoms with E-state index in [0.29, 0.717) is 28.4 Å². The van der Waals surface area contributed by atoms with Gasteiger partial charge >= 0.3 is 0 Å². The summed E-state index contributed by atoms with van der Waals surface area (Å²) in [6, 6.07) is 20.7. The van der Waals surface area contributed by atoms with Gasteiger partial charge in [0.2, 0.25) is 10.0 Å². The van der Waals surface area contributed by atoms with E-state index in [0.717, 1.165) is 10.7 Å². The number of benzene rings is 3. The minimum Gasteiger partial charge on any atom is -0.457 e. The van der Waals surface area contributed by atoms with Crippen molar-refractivity contribution in [3.05, 3.63) is 82.8 Å². The molecule has 0 aliphatic heterocycles. The van der Waals surface area contributed by atoms with Crippen LogP contribution in [0.1, 0.15) is 10.4 Å². The van der Waals surface area contributed by atoms with Crippen LogP contribution in [-0.2, 0) is 10.0 Å². The number of anilines is 2. The SMILES string of the molecule is CS(=O)(=O)Nc1cccc(C(=O)Nc2ccc(Oc3ccc(Br)cc3)cc2)c1. The Morgan fingerprint density at radius 1 is 0.893 bits per heavy atom. The van der Waals surface area contributed by atoms with Crippen LogP contribution in [0.4, 0.5) is 11.4 Å². The number of hydrogen-bond donors (Lipinski definition) is 2. The number of halogens is 1. The molecule has 0 spiro atoms.